The third-order valence-electron chi connectivity index (χ3n) is 3.67. The number of aliphatic hydroxyl groups is 1. The first-order chi connectivity index (χ1) is 10.2. The number of nitro groups is 1. The molecule has 5 nitrogen and oxygen atoms in total. The number of aromatic nitrogens is 1. The van der Waals surface area contributed by atoms with Crippen LogP contribution in [0, 0.1) is 10.1 Å². The quantitative estimate of drug-likeness (QED) is 0.569. The molecule has 106 valence electrons. The zero-order valence-corrected chi connectivity index (χ0v) is 11.2. The molecule has 1 unspecified atom stereocenters. The molecule has 1 atom stereocenters. The molecule has 21 heavy (non-hydrogen) atoms. The summed E-state index contributed by atoms with van der Waals surface area (Å²) in [5.41, 5.74) is 2.72. The molecule has 0 aliphatic heterocycles. The van der Waals surface area contributed by atoms with Crippen molar-refractivity contribution in [2.45, 2.75) is 5.92 Å². The maximum absolute atomic E-state index is 10.9. The molecule has 3 rings (SSSR count). The van der Waals surface area contributed by atoms with Gasteiger partial charge in [0, 0.05) is 35.2 Å². The van der Waals surface area contributed by atoms with Gasteiger partial charge in [0.1, 0.15) is 0 Å². The van der Waals surface area contributed by atoms with Crippen molar-refractivity contribution in [2.75, 3.05) is 6.61 Å². The lowest BCUT2D eigenvalue weighted by molar-refractivity contribution is -0.384. The molecule has 2 aromatic carbocycles. The summed E-state index contributed by atoms with van der Waals surface area (Å²) in [5.74, 6) is -0.207. The number of nitrogens with zero attached hydrogens (tertiary/aromatic N) is 1. The lowest BCUT2D eigenvalue weighted by Crippen LogP contribution is -2.05. The lowest BCUT2D eigenvalue weighted by Gasteiger charge is -2.13. The predicted octanol–water partition coefficient (Wildman–Crippen LogP) is 3.20. The third kappa shape index (κ3) is 2.39. The van der Waals surface area contributed by atoms with E-state index in [0.29, 0.717) is 0 Å². The Morgan fingerprint density at radius 3 is 2.62 bits per heavy atom. The van der Waals surface area contributed by atoms with Crippen LogP contribution in [0.15, 0.2) is 54.7 Å². The standard InChI is InChI=1S/C16H14N2O3/c19-10-15(11-4-2-1-3-5-11)14-9-17-16-7-6-12(18(20)21)8-13(14)16/h1-9,15,17,19H,10H2. The Morgan fingerprint density at radius 1 is 1.19 bits per heavy atom. The van der Waals surface area contributed by atoms with Crippen molar-refractivity contribution in [3.63, 3.8) is 0 Å². The van der Waals surface area contributed by atoms with Gasteiger partial charge < -0.3 is 10.1 Å². The summed E-state index contributed by atoms with van der Waals surface area (Å²) in [4.78, 5) is 13.6. The number of non-ortho nitro benzene ring substituents is 1. The Labute approximate surface area is 121 Å². The molecule has 0 aliphatic carbocycles. The molecular weight excluding hydrogens is 268 g/mol. The second kappa shape index (κ2) is 5.38. The van der Waals surface area contributed by atoms with Crippen molar-refractivity contribution in [2.24, 2.45) is 0 Å². The van der Waals surface area contributed by atoms with Gasteiger partial charge in [-0.25, -0.2) is 0 Å². The van der Waals surface area contributed by atoms with Crippen LogP contribution < -0.4 is 0 Å². The molecule has 1 aromatic heterocycles. The number of aromatic amines is 1. The van der Waals surface area contributed by atoms with Crippen LogP contribution in [0.25, 0.3) is 10.9 Å². The monoisotopic (exact) mass is 282 g/mol. The van der Waals surface area contributed by atoms with Crippen molar-refractivity contribution >= 4 is 16.6 Å². The summed E-state index contributed by atoms with van der Waals surface area (Å²) >= 11 is 0. The van der Waals surface area contributed by atoms with Crippen LogP contribution in [-0.4, -0.2) is 21.6 Å². The number of rotatable bonds is 4. The number of H-pyrrole nitrogens is 1. The van der Waals surface area contributed by atoms with Crippen molar-refractivity contribution in [1.82, 2.24) is 4.98 Å². The number of aliphatic hydroxyl groups excluding tert-OH is 1. The Bertz CT molecular complexity index is 781. The van der Waals surface area contributed by atoms with Gasteiger partial charge in [0.2, 0.25) is 0 Å². The highest BCUT2D eigenvalue weighted by Gasteiger charge is 2.18. The molecule has 2 N–H and O–H groups in total. The fourth-order valence-corrected chi connectivity index (χ4v) is 2.60. The maximum atomic E-state index is 10.9. The number of nitro benzene ring substituents is 1. The second-order valence-electron chi connectivity index (χ2n) is 4.88. The molecule has 3 aromatic rings. The molecule has 0 spiro atoms. The number of benzene rings is 2. The zero-order valence-electron chi connectivity index (χ0n) is 11.2. The van der Waals surface area contributed by atoms with Gasteiger partial charge in [-0.05, 0) is 17.2 Å². The van der Waals surface area contributed by atoms with E-state index < -0.39 is 4.92 Å². The van der Waals surface area contributed by atoms with E-state index in [-0.39, 0.29) is 18.2 Å². The van der Waals surface area contributed by atoms with Crippen molar-refractivity contribution in [1.29, 1.82) is 0 Å². The van der Waals surface area contributed by atoms with Gasteiger partial charge >= 0.3 is 0 Å². The fraction of sp³-hybridized carbons (Fsp3) is 0.125. The Balaban J connectivity index is 2.14. The van der Waals surface area contributed by atoms with Crippen LogP contribution in [0.2, 0.25) is 0 Å². The van der Waals surface area contributed by atoms with E-state index in [9.17, 15) is 15.2 Å². The van der Waals surface area contributed by atoms with E-state index in [0.717, 1.165) is 22.0 Å². The maximum Gasteiger partial charge on any atom is 0.270 e. The molecular formula is C16H14N2O3. The molecule has 0 saturated carbocycles. The van der Waals surface area contributed by atoms with Crippen LogP contribution in [0.1, 0.15) is 17.0 Å². The highest BCUT2D eigenvalue weighted by atomic mass is 16.6. The highest BCUT2D eigenvalue weighted by Crippen LogP contribution is 2.32. The summed E-state index contributed by atoms with van der Waals surface area (Å²) in [6, 6.07) is 14.3. The number of nitrogens with one attached hydrogen (secondary N) is 1. The summed E-state index contributed by atoms with van der Waals surface area (Å²) in [5, 5.41) is 21.4. The molecule has 0 aliphatic rings. The molecule has 0 saturated heterocycles. The minimum absolute atomic E-state index is 0.0492. The average molecular weight is 282 g/mol. The first-order valence-corrected chi connectivity index (χ1v) is 6.62. The minimum Gasteiger partial charge on any atom is -0.395 e. The Morgan fingerprint density at radius 2 is 1.95 bits per heavy atom. The summed E-state index contributed by atoms with van der Waals surface area (Å²) in [7, 11) is 0. The molecule has 0 fully saturated rings. The number of hydrogen-bond donors (Lipinski definition) is 2. The normalized spacial score (nSPS) is 12.4. The SMILES string of the molecule is O=[N+]([O-])c1ccc2[nH]cc(C(CO)c3ccccc3)c2c1. The van der Waals surface area contributed by atoms with Crippen LogP contribution in [0.3, 0.4) is 0 Å². The summed E-state index contributed by atoms with van der Waals surface area (Å²) < 4.78 is 0. The van der Waals surface area contributed by atoms with Crippen molar-refractivity contribution < 1.29 is 10.0 Å². The van der Waals surface area contributed by atoms with E-state index >= 15 is 0 Å². The Hall–Kier alpha value is -2.66. The summed E-state index contributed by atoms with van der Waals surface area (Å²) in [6.07, 6.45) is 1.81. The first kappa shape index (κ1) is 13.3. The van der Waals surface area contributed by atoms with Crippen LogP contribution in [0.5, 0.6) is 0 Å². The van der Waals surface area contributed by atoms with E-state index in [2.05, 4.69) is 4.98 Å². The number of fused-ring (bicyclic) bond motifs is 1. The smallest absolute Gasteiger partial charge is 0.270 e. The van der Waals surface area contributed by atoms with Crippen molar-refractivity contribution in [3.8, 4) is 0 Å². The fourth-order valence-electron chi connectivity index (χ4n) is 2.60. The third-order valence-corrected chi connectivity index (χ3v) is 3.67. The van der Waals surface area contributed by atoms with Crippen molar-refractivity contribution in [3.05, 3.63) is 76.0 Å². The summed E-state index contributed by atoms with van der Waals surface area (Å²) in [6.45, 7) is -0.0559. The second-order valence-corrected chi connectivity index (χ2v) is 4.88. The average Bonchev–Trinajstić information content (AvgIpc) is 2.92. The molecule has 5 heteroatoms. The van der Waals surface area contributed by atoms with Gasteiger partial charge in [-0.1, -0.05) is 30.3 Å². The van der Waals surface area contributed by atoms with Gasteiger partial charge in [0.05, 0.1) is 11.5 Å². The number of hydrogen-bond acceptors (Lipinski definition) is 3. The Kier molecular flexibility index (Phi) is 3.41. The van der Waals surface area contributed by atoms with Gasteiger partial charge in [-0.3, -0.25) is 10.1 Å². The first-order valence-electron chi connectivity index (χ1n) is 6.62. The van der Waals surface area contributed by atoms with E-state index in [1.165, 1.54) is 6.07 Å². The zero-order chi connectivity index (χ0) is 14.8. The van der Waals surface area contributed by atoms with E-state index in [1.54, 1.807) is 12.1 Å². The van der Waals surface area contributed by atoms with E-state index in [1.807, 2.05) is 36.5 Å². The van der Waals surface area contributed by atoms with Crippen LogP contribution >= 0.6 is 0 Å². The van der Waals surface area contributed by atoms with Gasteiger partial charge in [-0.2, -0.15) is 0 Å². The molecule has 1 heterocycles. The predicted molar refractivity (Wildman–Crippen MR) is 80.3 cm³/mol. The largest absolute Gasteiger partial charge is 0.395 e. The molecule has 0 radical (unpaired) electrons. The lowest BCUT2D eigenvalue weighted by atomic mass is 9.92. The highest BCUT2D eigenvalue weighted by molar-refractivity contribution is 5.86. The van der Waals surface area contributed by atoms with Crippen LogP contribution in [0.4, 0.5) is 5.69 Å². The molecule has 0 bridgehead atoms. The van der Waals surface area contributed by atoms with Gasteiger partial charge in [-0.15, -0.1) is 0 Å². The van der Waals surface area contributed by atoms with Crippen LogP contribution in [-0.2, 0) is 0 Å². The minimum atomic E-state index is -0.410. The van der Waals surface area contributed by atoms with Gasteiger partial charge in [0.15, 0.2) is 0 Å². The molecule has 0 amide bonds. The van der Waals surface area contributed by atoms with Gasteiger partial charge in [0.25, 0.3) is 5.69 Å². The topological polar surface area (TPSA) is 79.2 Å². The van der Waals surface area contributed by atoms with E-state index in [4.69, 9.17) is 0 Å².